The zero-order valence-electron chi connectivity index (χ0n) is 38.6. The van der Waals surface area contributed by atoms with E-state index in [-0.39, 0.29) is 23.8 Å². The van der Waals surface area contributed by atoms with Crippen molar-refractivity contribution in [3.8, 4) is 28.4 Å². The van der Waals surface area contributed by atoms with Crippen molar-refractivity contribution < 1.29 is 49.0 Å². The zero-order valence-corrected chi connectivity index (χ0v) is 41.0. The standard InChI is InChI=1S/C51H57ClF3N5O8S2/c52-39-14-17-44(47(32-39)67-29-9-24-58-22-7-2-8-23-58)43-13-6-5-10-38(43)36-59-25-27-60(28-26-59)40-15-18-45(48(33-40)68-41-11-3-1-4-12-41)50(61)57-70(64,65)42-16-19-46(56-35-37-20-30-66-31-21-37)49(34-42)69(62,63)51(53,54)55/h1,3-6,10-19,32-34,37,56H,2,7-9,20-31,35-36H2,(H,57,61). The first-order valence-corrected chi connectivity index (χ1v) is 26.9. The number of piperazine rings is 1. The van der Waals surface area contributed by atoms with Crippen LogP contribution in [0.25, 0.3) is 11.1 Å². The molecule has 2 N–H and O–H groups in total. The summed E-state index contributed by atoms with van der Waals surface area (Å²) in [5, 5.41) is 3.37. The van der Waals surface area contributed by atoms with Crippen molar-refractivity contribution in [2.24, 2.45) is 5.92 Å². The number of benzene rings is 5. The molecular weight excluding hydrogens is 967 g/mol. The van der Waals surface area contributed by atoms with Crippen molar-refractivity contribution in [1.82, 2.24) is 14.5 Å². The lowest BCUT2D eigenvalue weighted by molar-refractivity contribution is -0.0435. The fraction of sp³-hybridized carbons (Fsp3) is 0.392. The van der Waals surface area contributed by atoms with E-state index >= 15 is 0 Å². The maximum absolute atomic E-state index is 13.9. The Kier molecular flexibility index (Phi) is 16.6. The summed E-state index contributed by atoms with van der Waals surface area (Å²) in [6.07, 6.45) is 5.94. The van der Waals surface area contributed by atoms with Crippen LogP contribution in [0.4, 0.5) is 24.5 Å². The van der Waals surface area contributed by atoms with E-state index in [1.54, 1.807) is 42.5 Å². The highest BCUT2D eigenvalue weighted by Gasteiger charge is 2.48. The van der Waals surface area contributed by atoms with Crippen molar-refractivity contribution in [2.75, 3.05) is 82.4 Å². The summed E-state index contributed by atoms with van der Waals surface area (Å²) in [6, 6.07) is 29.7. The number of likely N-dealkylation sites (tertiary alicyclic amines) is 1. The van der Waals surface area contributed by atoms with Crippen molar-refractivity contribution >= 4 is 48.7 Å². The minimum atomic E-state index is -6.02. The van der Waals surface area contributed by atoms with Crippen LogP contribution in [0, 0.1) is 5.92 Å². The Balaban J connectivity index is 0.962. The van der Waals surface area contributed by atoms with Crippen LogP contribution in [-0.4, -0.2) is 110 Å². The summed E-state index contributed by atoms with van der Waals surface area (Å²) in [6.45, 7) is 8.21. The molecule has 5 aromatic carbocycles. The fourth-order valence-corrected chi connectivity index (χ4v) is 11.2. The first-order valence-electron chi connectivity index (χ1n) is 23.6. The number of carbonyl (C=O) groups excluding carboxylic acids is 1. The molecule has 19 heteroatoms. The molecule has 0 unspecified atom stereocenters. The van der Waals surface area contributed by atoms with Gasteiger partial charge in [-0.25, -0.2) is 21.6 Å². The predicted octanol–water partition coefficient (Wildman–Crippen LogP) is 9.63. The van der Waals surface area contributed by atoms with Gasteiger partial charge in [-0.3, -0.25) is 9.69 Å². The van der Waals surface area contributed by atoms with Gasteiger partial charge in [0, 0.05) is 81.4 Å². The van der Waals surface area contributed by atoms with Gasteiger partial charge in [0.25, 0.3) is 25.8 Å². The second-order valence-corrected chi connectivity index (χ2v) is 21.8. The largest absolute Gasteiger partial charge is 0.501 e. The van der Waals surface area contributed by atoms with Crippen molar-refractivity contribution in [2.45, 2.75) is 60.4 Å². The Labute approximate surface area is 412 Å². The maximum atomic E-state index is 13.9. The Morgan fingerprint density at radius 2 is 1.49 bits per heavy atom. The Hall–Kier alpha value is -5.37. The summed E-state index contributed by atoms with van der Waals surface area (Å²) >= 11 is 6.48. The number of amides is 1. The molecule has 374 valence electrons. The highest BCUT2D eigenvalue weighted by Crippen LogP contribution is 2.38. The van der Waals surface area contributed by atoms with E-state index in [9.17, 15) is 34.8 Å². The number of halogens is 4. The Morgan fingerprint density at radius 1 is 0.757 bits per heavy atom. The number of alkyl halides is 3. The normalized spacial score (nSPS) is 16.7. The molecule has 0 spiro atoms. The third-order valence-electron chi connectivity index (χ3n) is 12.9. The molecule has 1 amide bonds. The number of para-hydroxylation sites is 1. The molecule has 0 aromatic heterocycles. The molecule has 8 rings (SSSR count). The Morgan fingerprint density at radius 3 is 2.23 bits per heavy atom. The van der Waals surface area contributed by atoms with Gasteiger partial charge in [-0.15, -0.1) is 0 Å². The van der Waals surface area contributed by atoms with Crippen molar-refractivity contribution in [3.05, 3.63) is 125 Å². The van der Waals surface area contributed by atoms with Crippen molar-refractivity contribution in [1.29, 1.82) is 0 Å². The van der Waals surface area contributed by atoms with Crippen LogP contribution in [0.15, 0.2) is 119 Å². The van der Waals surface area contributed by atoms with E-state index in [4.69, 9.17) is 25.8 Å². The molecule has 3 fully saturated rings. The molecule has 3 aliphatic heterocycles. The van der Waals surface area contributed by atoms with Gasteiger partial charge in [-0.1, -0.05) is 60.5 Å². The SMILES string of the molecule is O=C(NS(=O)(=O)c1ccc(NCC2CCOCC2)c(S(=O)(=O)C(F)(F)F)c1)c1ccc(N2CCN(Cc3ccccc3-c3ccc(Cl)cc3OCCCN3CCCCC3)CC2)cc1Oc1ccccc1. The van der Waals surface area contributed by atoms with Gasteiger partial charge in [-0.2, -0.15) is 13.2 Å². The molecule has 0 bridgehead atoms. The summed E-state index contributed by atoms with van der Waals surface area (Å²) in [5.74, 6) is -0.0181. The number of sulfone groups is 1. The highest BCUT2D eigenvalue weighted by atomic mass is 35.5. The lowest BCUT2D eigenvalue weighted by Gasteiger charge is -2.36. The van der Waals surface area contributed by atoms with Crippen LogP contribution in [0.3, 0.4) is 0 Å². The molecule has 13 nitrogen and oxygen atoms in total. The van der Waals surface area contributed by atoms with Gasteiger partial charge in [0.1, 0.15) is 22.1 Å². The molecule has 70 heavy (non-hydrogen) atoms. The molecule has 0 aliphatic carbocycles. The molecule has 0 atom stereocenters. The molecular formula is C51H57ClF3N5O8S2. The zero-order chi connectivity index (χ0) is 49.3. The maximum Gasteiger partial charge on any atom is 0.501 e. The lowest BCUT2D eigenvalue weighted by Crippen LogP contribution is -2.46. The second kappa shape index (κ2) is 22.8. The first-order chi connectivity index (χ1) is 33.6. The molecule has 3 heterocycles. The average Bonchev–Trinajstić information content (AvgIpc) is 3.35. The minimum absolute atomic E-state index is 0.00505. The molecule has 3 aliphatic rings. The van der Waals surface area contributed by atoms with Crippen LogP contribution in [0.2, 0.25) is 5.02 Å². The number of rotatable bonds is 18. The molecule has 0 radical (unpaired) electrons. The van der Waals surface area contributed by atoms with E-state index in [0.29, 0.717) is 87.9 Å². The number of piperidine rings is 1. The van der Waals surface area contributed by atoms with Gasteiger partial charge in [-0.05, 0) is 123 Å². The van der Waals surface area contributed by atoms with Crippen LogP contribution < -0.4 is 24.4 Å². The van der Waals surface area contributed by atoms with Gasteiger partial charge in [0.05, 0.1) is 22.8 Å². The summed E-state index contributed by atoms with van der Waals surface area (Å²) < 4.78 is 115. The van der Waals surface area contributed by atoms with Gasteiger partial charge >= 0.3 is 5.51 Å². The van der Waals surface area contributed by atoms with Gasteiger partial charge < -0.3 is 29.3 Å². The van der Waals surface area contributed by atoms with E-state index in [1.807, 2.05) is 35.1 Å². The quantitative estimate of drug-likeness (QED) is 0.0806. The van der Waals surface area contributed by atoms with Crippen LogP contribution >= 0.6 is 11.6 Å². The number of nitrogens with zero attached hydrogens (tertiary/aromatic N) is 3. The summed E-state index contributed by atoms with van der Waals surface area (Å²) in [7, 11) is -11.0. The van der Waals surface area contributed by atoms with Crippen LogP contribution in [0.5, 0.6) is 17.2 Å². The lowest BCUT2D eigenvalue weighted by atomic mass is 9.98. The monoisotopic (exact) mass is 1020 g/mol. The summed E-state index contributed by atoms with van der Waals surface area (Å²) in [4.78, 5) is 18.8. The van der Waals surface area contributed by atoms with Crippen LogP contribution in [-0.2, 0) is 31.1 Å². The topological polar surface area (TPSA) is 147 Å². The molecule has 5 aromatic rings. The summed E-state index contributed by atoms with van der Waals surface area (Å²) in [5.41, 5.74) is -2.45. The Bertz CT molecular complexity index is 2820. The first kappa shape index (κ1) is 51.0. The van der Waals surface area contributed by atoms with Crippen LogP contribution in [0.1, 0.15) is 54.4 Å². The predicted molar refractivity (Wildman–Crippen MR) is 264 cm³/mol. The van der Waals surface area contributed by atoms with Crippen molar-refractivity contribution in [3.63, 3.8) is 0 Å². The second-order valence-electron chi connectivity index (χ2n) is 17.7. The number of hydrogen-bond donors (Lipinski definition) is 2. The number of ether oxygens (including phenoxy) is 3. The smallest absolute Gasteiger partial charge is 0.493 e. The fourth-order valence-electron chi connectivity index (χ4n) is 9.02. The third kappa shape index (κ3) is 12.7. The van der Waals surface area contributed by atoms with E-state index in [1.165, 1.54) is 25.3 Å². The number of sulfonamides is 1. The van der Waals surface area contributed by atoms with E-state index in [2.05, 4.69) is 32.1 Å². The van der Waals surface area contributed by atoms with E-state index < -0.39 is 46.8 Å². The van der Waals surface area contributed by atoms with Gasteiger partial charge in [0.2, 0.25) is 0 Å². The number of anilines is 2. The molecule has 3 saturated heterocycles. The minimum Gasteiger partial charge on any atom is -0.493 e. The number of carbonyl (C=O) groups is 1. The number of hydrogen-bond acceptors (Lipinski definition) is 12. The average molecular weight is 1020 g/mol. The molecule has 0 saturated carbocycles. The van der Waals surface area contributed by atoms with Gasteiger partial charge in [0.15, 0.2) is 0 Å². The van der Waals surface area contributed by atoms with E-state index in [0.717, 1.165) is 60.6 Å². The third-order valence-corrected chi connectivity index (χ3v) is 16.0. The highest BCUT2D eigenvalue weighted by molar-refractivity contribution is 7.92. The number of nitrogens with one attached hydrogen (secondary N) is 2.